The molecule has 0 aliphatic heterocycles. The standard InChI is InChI=1S/C19H16N2O2.ClH/c22-19(16-10-12-20-13-11-16)21-14-15-6-8-18(9-7-15)23-17-4-2-1-3-5-17;/h1-13H,14H2,(H,21,22);1H. The first kappa shape index (κ1) is 17.5. The van der Waals surface area contributed by atoms with E-state index in [4.69, 9.17) is 4.74 Å². The molecule has 0 bridgehead atoms. The molecule has 0 saturated carbocycles. The van der Waals surface area contributed by atoms with Gasteiger partial charge in [-0.25, -0.2) is 0 Å². The molecule has 0 atom stereocenters. The summed E-state index contributed by atoms with van der Waals surface area (Å²) >= 11 is 0. The number of nitrogens with zero attached hydrogens (tertiary/aromatic N) is 1. The molecule has 1 N–H and O–H groups in total. The van der Waals surface area contributed by atoms with E-state index in [1.165, 1.54) is 0 Å². The Balaban J connectivity index is 0.00000208. The lowest BCUT2D eigenvalue weighted by molar-refractivity contribution is 0.0951. The predicted molar refractivity (Wildman–Crippen MR) is 95.6 cm³/mol. The van der Waals surface area contributed by atoms with Gasteiger partial charge in [-0.3, -0.25) is 9.78 Å². The Morgan fingerprint density at radius 1 is 0.875 bits per heavy atom. The lowest BCUT2D eigenvalue weighted by atomic mass is 10.2. The molecule has 1 aromatic heterocycles. The van der Waals surface area contributed by atoms with Gasteiger partial charge in [0.2, 0.25) is 0 Å². The first-order valence-electron chi connectivity index (χ1n) is 7.31. The highest BCUT2D eigenvalue weighted by molar-refractivity contribution is 5.93. The van der Waals surface area contributed by atoms with Crippen molar-refractivity contribution in [3.8, 4) is 11.5 Å². The number of amides is 1. The van der Waals surface area contributed by atoms with Crippen LogP contribution in [-0.4, -0.2) is 10.9 Å². The van der Waals surface area contributed by atoms with Gasteiger partial charge in [-0.2, -0.15) is 0 Å². The molecule has 0 saturated heterocycles. The number of hydrogen-bond acceptors (Lipinski definition) is 3. The largest absolute Gasteiger partial charge is 0.457 e. The maximum Gasteiger partial charge on any atom is 0.251 e. The van der Waals surface area contributed by atoms with Crippen LogP contribution in [0.3, 0.4) is 0 Å². The summed E-state index contributed by atoms with van der Waals surface area (Å²) in [5.74, 6) is 1.45. The number of pyridine rings is 1. The summed E-state index contributed by atoms with van der Waals surface area (Å²) < 4.78 is 5.73. The van der Waals surface area contributed by atoms with Gasteiger partial charge >= 0.3 is 0 Å². The summed E-state index contributed by atoms with van der Waals surface area (Å²) in [4.78, 5) is 15.9. The lowest BCUT2D eigenvalue weighted by Gasteiger charge is -2.08. The van der Waals surface area contributed by atoms with Gasteiger partial charge in [-0.15, -0.1) is 12.4 Å². The van der Waals surface area contributed by atoms with Crippen molar-refractivity contribution in [1.82, 2.24) is 10.3 Å². The summed E-state index contributed by atoms with van der Waals surface area (Å²) in [5.41, 5.74) is 1.61. The maximum atomic E-state index is 12.0. The van der Waals surface area contributed by atoms with Gasteiger partial charge in [0.15, 0.2) is 0 Å². The Labute approximate surface area is 146 Å². The van der Waals surface area contributed by atoms with Crippen LogP contribution in [0, 0.1) is 0 Å². The van der Waals surface area contributed by atoms with Gasteiger partial charge in [-0.05, 0) is 42.0 Å². The first-order chi connectivity index (χ1) is 11.3. The monoisotopic (exact) mass is 340 g/mol. The molecule has 24 heavy (non-hydrogen) atoms. The highest BCUT2D eigenvalue weighted by Crippen LogP contribution is 2.21. The second-order valence-corrected chi connectivity index (χ2v) is 4.98. The number of carbonyl (C=O) groups excluding carboxylic acids is 1. The van der Waals surface area contributed by atoms with Crippen molar-refractivity contribution >= 4 is 18.3 Å². The Hall–Kier alpha value is -2.85. The van der Waals surface area contributed by atoms with Crippen LogP contribution in [-0.2, 0) is 6.54 Å². The molecular formula is C19H17ClN2O2. The molecule has 3 aromatic rings. The zero-order chi connectivity index (χ0) is 15.9. The fourth-order valence-electron chi connectivity index (χ4n) is 2.09. The zero-order valence-corrected chi connectivity index (χ0v) is 13.7. The quantitative estimate of drug-likeness (QED) is 0.756. The summed E-state index contributed by atoms with van der Waals surface area (Å²) in [6, 6.07) is 20.6. The molecule has 122 valence electrons. The van der Waals surface area contributed by atoms with Crippen LogP contribution in [0.1, 0.15) is 15.9 Å². The SMILES string of the molecule is Cl.O=C(NCc1ccc(Oc2ccccc2)cc1)c1ccncc1. The predicted octanol–water partition coefficient (Wildman–Crippen LogP) is 4.23. The van der Waals surface area contributed by atoms with Crippen LogP contribution in [0.15, 0.2) is 79.1 Å². The molecule has 0 unspecified atom stereocenters. The summed E-state index contributed by atoms with van der Waals surface area (Å²) in [5, 5.41) is 2.88. The van der Waals surface area contributed by atoms with E-state index in [0.717, 1.165) is 17.1 Å². The second kappa shape index (κ2) is 8.70. The van der Waals surface area contributed by atoms with Gasteiger partial charge in [0, 0.05) is 24.5 Å². The second-order valence-electron chi connectivity index (χ2n) is 4.98. The van der Waals surface area contributed by atoms with Crippen LogP contribution in [0.2, 0.25) is 0 Å². The van der Waals surface area contributed by atoms with Crippen molar-refractivity contribution in [2.45, 2.75) is 6.54 Å². The van der Waals surface area contributed by atoms with E-state index in [0.29, 0.717) is 12.1 Å². The number of para-hydroxylation sites is 1. The van der Waals surface area contributed by atoms with E-state index >= 15 is 0 Å². The molecule has 1 heterocycles. The van der Waals surface area contributed by atoms with Gasteiger partial charge in [-0.1, -0.05) is 30.3 Å². The van der Waals surface area contributed by atoms with Crippen LogP contribution in [0.5, 0.6) is 11.5 Å². The minimum Gasteiger partial charge on any atom is -0.457 e. The molecule has 0 fully saturated rings. The first-order valence-corrected chi connectivity index (χ1v) is 7.31. The van der Waals surface area contributed by atoms with Crippen molar-refractivity contribution in [2.75, 3.05) is 0 Å². The Morgan fingerprint density at radius 3 is 2.17 bits per heavy atom. The topological polar surface area (TPSA) is 51.2 Å². The Bertz CT molecular complexity index is 762. The number of benzene rings is 2. The van der Waals surface area contributed by atoms with E-state index in [1.54, 1.807) is 24.5 Å². The zero-order valence-electron chi connectivity index (χ0n) is 12.9. The van der Waals surface area contributed by atoms with Crippen molar-refractivity contribution in [3.05, 3.63) is 90.3 Å². The fourth-order valence-corrected chi connectivity index (χ4v) is 2.09. The van der Waals surface area contributed by atoms with Crippen molar-refractivity contribution in [3.63, 3.8) is 0 Å². The van der Waals surface area contributed by atoms with E-state index in [9.17, 15) is 4.79 Å². The van der Waals surface area contributed by atoms with E-state index in [2.05, 4.69) is 10.3 Å². The number of carbonyl (C=O) groups is 1. The Kier molecular flexibility index (Phi) is 6.34. The maximum absolute atomic E-state index is 12.0. The number of aromatic nitrogens is 1. The van der Waals surface area contributed by atoms with Gasteiger partial charge in [0.05, 0.1) is 0 Å². The number of ether oxygens (including phenoxy) is 1. The van der Waals surface area contributed by atoms with Crippen LogP contribution < -0.4 is 10.1 Å². The molecule has 3 rings (SSSR count). The molecule has 0 aliphatic carbocycles. The van der Waals surface area contributed by atoms with E-state index in [-0.39, 0.29) is 18.3 Å². The normalized spacial score (nSPS) is 9.67. The lowest BCUT2D eigenvalue weighted by Crippen LogP contribution is -2.22. The van der Waals surface area contributed by atoms with Gasteiger partial charge in [0.25, 0.3) is 5.91 Å². The van der Waals surface area contributed by atoms with Crippen LogP contribution >= 0.6 is 12.4 Å². The molecule has 4 nitrogen and oxygen atoms in total. The number of halogens is 1. The third kappa shape index (κ3) is 4.83. The third-order valence-corrected chi connectivity index (χ3v) is 3.30. The van der Waals surface area contributed by atoms with Crippen molar-refractivity contribution < 1.29 is 9.53 Å². The minimum atomic E-state index is -0.114. The molecular weight excluding hydrogens is 324 g/mol. The van der Waals surface area contributed by atoms with Crippen LogP contribution in [0.4, 0.5) is 0 Å². The summed E-state index contributed by atoms with van der Waals surface area (Å²) in [6.45, 7) is 0.465. The molecule has 1 amide bonds. The molecule has 0 spiro atoms. The number of rotatable bonds is 5. The smallest absolute Gasteiger partial charge is 0.251 e. The van der Waals surface area contributed by atoms with Crippen LogP contribution in [0.25, 0.3) is 0 Å². The van der Waals surface area contributed by atoms with E-state index < -0.39 is 0 Å². The highest BCUT2D eigenvalue weighted by Gasteiger charge is 2.04. The molecule has 0 radical (unpaired) electrons. The number of nitrogens with one attached hydrogen (secondary N) is 1. The van der Waals surface area contributed by atoms with Crippen molar-refractivity contribution in [2.24, 2.45) is 0 Å². The summed E-state index contributed by atoms with van der Waals surface area (Å²) in [7, 11) is 0. The minimum absolute atomic E-state index is 0. The summed E-state index contributed by atoms with van der Waals surface area (Å²) in [6.07, 6.45) is 3.20. The van der Waals surface area contributed by atoms with Gasteiger partial charge in [0.1, 0.15) is 11.5 Å². The highest BCUT2D eigenvalue weighted by atomic mass is 35.5. The average molecular weight is 341 g/mol. The molecule has 5 heteroatoms. The fraction of sp³-hybridized carbons (Fsp3) is 0.0526. The molecule has 2 aromatic carbocycles. The van der Waals surface area contributed by atoms with E-state index in [1.807, 2.05) is 54.6 Å². The number of hydrogen-bond donors (Lipinski definition) is 1. The van der Waals surface area contributed by atoms with Gasteiger partial charge < -0.3 is 10.1 Å². The Morgan fingerprint density at radius 2 is 1.50 bits per heavy atom. The average Bonchev–Trinajstić information content (AvgIpc) is 2.62. The third-order valence-electron chi connectivity index (χ3n) is 3.30. The van der Waals surface area contributed by atoms with Crippen molar-refractivity contribution in [1.29, 1.82) is 0 Å². The molecule has 0 aliphatic rings.